The zero-order valence-electron chi connectivity index (χ0n) is 33.7. The number of carbonyl (C=O) groups excluding carboxylic acids is 2. The molecule has 0 saturated carbocycles. The molecule has 0 heterocycles. The lowest BCUT2D eigenvalue weighted by Gasteiger charge is -2.19. The van der Waals surface area contributed by atoms with Crippen molar-refractivity contribution in [2.75, 3.05) is 26.4 Å². The lowest BCUT2D eigenvalue weighted by molar-refractivity contribution is -0.161. The molecule has 308 valence electrons. The third kappa shape index (κ3) is 39.5. The van der Waals surface area contributed by atoms with E-state index in [0.29, 0.717) is 6.42 Å². The summed E-state index contributed by atoms with van der Waals surface area (Å²) < 4.78 is 32.7. The van der Waals surface area contributed by atoms with E-state index in [9.17, 15) is 19.0 Å². The summed E-state index contributed by atoms with van der Waals surface area (Å²) in [5, 5.41) is 0. The molecule has 0 aromatic carbocycles. The Morgan fingerprint density at radius 3 is 1.55 bits per heavy atom. The van der Waals surface area contributed by atoms with Crippen molar-refractivity contribution in [2.24, 2.45) is 5.73 Å². The van der Waals surface area contributed by atoms with Crippen LogP contribution in [0.15, 0.2) is 48.6 Å². The van der Waals surface area contributed by atoms with Gasteiger partial charge in [0.05, 0.1) is 13.2 Å². The van der Waals surface area contributed by atoms with Crippen molar-refractivity contribution in [3.8, 4) is 0 Å². The van der Waals surface area contributed by atoms with Gasteiger partial charge in [0.1, 0.15) is 6.61 Å². The average Bonchev–Trinajstić information content (AvgIpc) is 3.14. The number of ether oxygens (including phenoxy) is 2. The first-order valence-corrected chi connectivity index (χ1v) is 22.6. The average molecular weight is 768 g/mol. The van der Waals surface area contributed by atoms with Crippen molar-refractivity contribution in [1.29, 1.82) is 0 Å². The summed E-state index contributed by atoms with van der Waals surface area (Å²) in [6.45, 7) is 3.59. The summed E-state index contributed by atoms with van der Waals surface area (Å²) in [5.41, 5.74) is 5.34. The van der Waals surface area contributed by atoms with Crippen LogP contribution in [0, 0.1) is 0 Å². The number of hydrogen-bond acceptors (Lipinski definition) is 8. The molecule has 9 nitrogen and oxygen atoms in total. The molecule has 0 bridgehead atoms. The van der Waals surface area contributed by atoms with Gasteiger partial charge in [-0.15, -0.1) is 0 Å². The molecule has 0 radical (unpaired) electrons. The lowest BCUT2D eigenvalue weighted by Crippen LogP contribution is -2.29. The van der Waals surface area contributed by atoms with Crippen molar-refractivity contribution >= 4 is 19.8 Å². The maximum Gasteiger partial charge on any atom is 0.472 e. The van der Waals surface area contributed by atoms with E-state index < -0.39 is 26.5 Å². The molecule has 0 aliphatic rings. The van der Waals surface area contributed by atoms with Gasteiger partial charge in [0.2, 0.25) is 0 Å². The van der Waals surface area contributed by atoms with Gasteiger partial charge in [-0.05, 0) is 51.4 Å². The monoisotopic (exact) mass is 768 g/mol. The molecule has 0 aliphatic carbocycles. The van der Waals surface area contributed by atoms with Gasteiger partial charge >= 0.3 is 19.8 Å². The maximum absolute atomic E-state index is 12.6. The number of nitrogens with two attached hydrogens (primary N) is 1. The highest BCUT2D eigenvalue weighted by atomic mass is 31.2. The van der Waals surface area contributed by atoms with E-state index in [1.807, 2.05) is 0 Å². The van der Waals surface area contributed by atoms with Crippen LogP contribution in [0.1, 0.15) is 181 Å². The maximum atomic E-state index is 12.6. The van der Waals surface area contributed by atoms with Crippen molar-refractivity contribution in [2.45, 2.75) is 187 Å². The van der Waals surface area contributed by atoms with Crippen LogP contribution >= 0.6 is 7.82 Å². The first-order chi connectivity index (χ1) is 25.8. The lowest BCUT2D eigenvalue weighted by atomic mass is 10.0. The predicted molar refractivity (Wildman–Crippen MR) is 220 cm³/mol. The molecule has 53 heavy (non-hydrogen) atoms. The SMILES string of the molecule is CC/C=C\C/C=C\C/C=C\C/C=C\CCCCCCC(=O)O[C@H](COC(=O)CCCCCCCCCCCCCCCCC)COP(=O)(O)OCCN. The van der Waals surface area contributed by atoms with Crippen molar-refractivity contribution in [3.05, 3.63) is 48.6 Å². The molecule has 0 aromatic rings. The minimum atomic E-state index is -4.38. The molecular formula is C43H78NO8P. The molecule has 0 saturated heterocycles. The van der Waals surface area contributed by atoms with Gasteiger partial charge in [0, 0.05) is 19.4 Å². The minimum absolute atomic E-state index is 0.0483. The van der Waals surface area contributed by atoms with E-state index in [2.05, 4.69) is 62.5 Å². The molecule has 0 spiro atoms. The number of phosphoric acid groups is 1. The number of rotatable bonds is 39. The summed E-state index contributed by atoms with van der Waals surface area (Å²) >= 11 is 0. The highest BCUT2D eigenvalue weighted by Gasteiger charge is 2.26. The first-order valence-electron chi connectivity index (χ1n) is 21.1. The summed E-state index contributed by atoms with van der Waals surface area (Å²) in [4.78, 5) is 34.8. The largest absolute Gasteiger partial charge is 0.472 e. The van der Waals surface area contributed by atoms with Gasteiger partial charge < -0.3 is 20.1 Å². The van der Waals surface area contributed by atoms with Gasteiger partial charge in [0.15, 0.2) is 6.10 Å². The van der Waals surface area contributed by atoms with Crippen LogP contribution in [0.25, 0.3) is 0 Å². The Labute approximate surface area is 324 Å². The molecule has 0 aromatic heterocycles. The van der Waals surface area contributed by atoms with E-state index in [1.165, 1.54) is 77.0 Å². The minimum Gasteiger partial charge on any atom is -0.462 e. The van der Waals surface area contributed by atoms with Gasteiger partial charge in [-0.1, -0.05) is 165 Å². The Morgan fingerprint density at radius 1 is 0.585 bits per heavy atom. The van der Waals surface area contributed by atoms with Crippen LogP contribution in [-0.4, -0.2) is 49.3 Å². The standard InChI is InChI=1S/C43H78NO8P/c1-3-5-7-9-11-13-15-17-19-20-22-24-26-28-30-32-34-36-43(46)52-41(40-51-53(47,48)50-38-37-44)39-49-42(45)35-33-31-29-27-25-23-21-18-16-14-12-10-8-6-4-2/h5,7,11,13,17,19,22,24,41H,3-4,6,8-10,12,14-16,18,20-21,23,25-40,44H2,1-2H3,(H,47,48)/b7-5-,13-11-,19-17-,24-22-/t41-/m1/s1. The third-order valence-corrected chi connectivity index (χ3v) is 9.71. The molecule has 10 heteroatoms. The fourth-order valence-corrected chi connectivity index (χ4v) is 6.39. The number of hydrogen-bond donors (Lipinski definition) is 2. The van der Waals surface area contributed by atoms with E-state index in [-0.39, 0.29) is 38.6 Å². The molecule has 0 fully saturated rings. The number of unbranched alkanes of at least 4 members (excludes halogenated alkanes) is 18. The topological polar surface area (TPSA) is 134 Å². The van der Waals surface area contributed by atoms with Crippen LogP contribution in [0.4, 0.5) is 0 Å². The van der Waals surface area contributed by atoms with Crippen LogP contribution < -0.4 is 5.73 Å². The second-order valence-electron chi connectivity index (χ2n) is 13.8. The Bertz CT molecular complexity index is 1010. The third-order valence-electron chi connectivity index (χ3n) is 8.73. The number of allylic oxidation sites excluding steroid dienone is 8. The molecular weight excluding hydrogens is 689 g/mol. The van der Waals surface area contributed by atoms with Gasteiger partial charge in [-0.3, -0.25) is 18.6 Å². The number of phosphoric ester groups is 1. The second-order valence-corrected chi connectivity index (χ2v) is 15.3. The van der Waals surface area contributed by atoms with Gasteiger partial charge in [0.25, 0.3) is 0 Å². The zero-order valence-corrected chi connectivity index (χ0v) is 34.6. The Kier molecular flexibility index (Phi) is 38.1. The number of carbonyl (C=O) groups is 2. The van der Waals surface area contributed by atoms with Crippen LogP contribution in [0.3, 0.4) is 0 Å². The quantitative estimate of drug-likeness (QED) is 0.0271. The molecule has 0 amide bonds. The zero-order chi connectivity index (χ0) is 38.9. The van der Waals surface area contributed by atoms with Crippen molar-refractivity contribution in [1.82, 2.24) is 0 Å². The van der Waals surface area contributed by atoms with Crippen molar-refractivity contribution < 1.29 is 37.6 Å². The Balaban J connectivity index is 4.21. The predicted octanol–water partition coefficient (Wildman–Crippen LogP) is 11.9. The van der Waals surface area contributed by atoms with Crippen LogP contribution in [0.5, 0.6) is 0 Å². The van der Waals surface area contributed by atoms with E-state index in [0.717, 1.165) is 70.6 Å². The molecule has 1 unspecified atom stereocenters. The van der Waals surface area contributed by atoms with Crippen molar-refractivity contribution in [3.63, 3.8) is 0 Å². The summed E-state index contributed by atoms with van der Waals surface area (Å²) in [5.74, 6) is -0.854. The fourth-order valence-electron chi connectivity index (χ4n) is 5.62. The Hall–Kier alpha value is -2.03. The van der Waals surface area contributed by atoms with Gasteiger partial charge in [-0.25, -0.2) is 4.57 Å². The molecule has 0 rings (SSSR count). The first kappa shape index (κ1) is 51.0. The number of esters is 2. The second kappa shape index (κ2) is 39.7. The summed E-state index contributed by atoms with van der Waals surface area (Å²) in [6.07, 6.45) is 44.2. The molecule has 0 aliphatic heterocycles. The van der Waals surface area contributed by atoms with E-state index >= 15 is 0 Å². The molecule has 2 atom stereocenters. The summed E-state index contributed by atoms with van der Waals surface area (Å²) in [6, 6.07) is 0. The van der Waals surface area contributed by atoms with E-state index in [4.69, 9.17) is 24.3 Å². The van der Waals surface area contributed by atoms with Gasteiger partial charge in [-0.2, -0.15) is 0 Å². The smallest absolute Gasteiger partial charge is 0.462 e. The molecule has 3 N–H and O–H groups in total. The summed E-state index contributed by atoms with van der Waals surface area (Å²) in [7, 11) is -4.38. The van der Waals surface area contributed by atoms with Crippen LogP contribution in [0.2, 0.25) is 0 Å². The normalized spacial score (nSPS) is 13.8. The van der Waals surface area contributed by atoms with E-state index in [1.54, 1.807) is 0 Å². The highest BCUT2D eigenvalue weighted by molar-refractivity contribution is 7.47. The highest BCUT2D eigenvalue weighted by Crippen LogP contribution is 2.43. The Morgan fingerprint density at radius 2 is 1.04 bits per heavy atom. The fraction of sp³-hybridized carbons (Fsp3) is 0.767. The van der Waals surface area contributed by atoms with Crippen LogP contribution in [-0.2, 0) is 32.7 Å².